The standard InChI is InChI=1S/C23H23ClN2O5/c1-25(2)9-4-10-26-20(13-5-7-16(27)18(11-13)30-3)19-21(28)15-12-14(24)6-8-17(15)31-22(19)23(26)29/h5-8,11-12,20,27H,4,9-10H2,1-3H3. The normalized spacial score (nSPS) is 15.7. The van der Waals surface area contributed by atoms with Crippen LogP contribution in [0.1, 0.15) is 34.1 Å². The predicted molar refractivity (Wildman–Crippen MR) is 118 cm³/mol. The number of hydrogen-bond acceptors (Lipinski definition) is 6. The largest absolute Gasteiger partial charge is 0.504 e. The van der Waals surface area contributed by atoms with Crippen LogP contribution >= 0.6 is 11.6 Å². The number of carbonyl (C=O) groups excluding carboxylic acids is 1. The van der Waals surface area contributed by atoms with E-state index in [9.17, 15) is 14.7 Å². The maximum absolute atomic E-state index is 13.5. The number of rotatable bonds is 6. The first-order valence-corrected chi connectivity index (χ1v) is 10.3. The summed E-state index contributed by atoms with van der Waals surface area (Å²) in [6.45, 7) is 1.22. The molecule has 0 saturated heterocycles. The van der Waals surface area contributed by atoms with Crippen molar-refractivity contribution in [2.75, 3.05) is 34.3 Å². The lowest BCUT2D eigenvalue weighted by Gasteiger charge is -2.26. The minimum absolute atomic E-state index is 0.0210. The first kappa shape index (κ1) is 21.2. The summed E-state index contributed by atoms with van der Waals surface area (Å²) in [5, 5.41) is 10.7. The highest BCUT2D eigenvalue weighted by molar-refractivity contribution is 6.31. The first-order valence-electron chi connectivity index (χ1n) is 9.90. The van der Waals surface area contributed by atoms with Crippen molar-refractivity contribution in [3.05, 3.63) is 68.5 Å². The van der Waals surface area contributed by atoms with Crippen molar-refractivity contribution in [1.29, 1.82) is 0 Å². The second kappa shape index (κ2) is 8.24. The van der Waals surface area contributed by atoms with Crippen molar-refractivity contribution < 1.29 is 19.1 Å². The molecule has 4 rings (SSSR count). The number of methoxy groups -OCH3 is 1. The van der Waals surface area contributed by atoms with E-state index in [1.165, 1.54) is 13.2 Å². The van der Waals surface area contributed by atoms with Gasteiger partial charge in [0.25, 0.3) is 5.91 Å². The summed E-state index contributed by atoms with van der Waals surface area (Å²) < 4.78 is 11.1. The smallest absolute Gasteiger partial charge is 0.290 e. The molecule has 3 aromatic rings. The van der Waals surface area contributed by atoms with Gasteiger partial charge < -0.3 is 24.1 Å². The molecular weight excluding hydrogens is 420 g/mol. The van der Waals surface area contributed by atoms with Crippen molar-refractivity contribution in [2.45, 2.75) is 12.5 Å². The van der Waals surface area contributed by atoms with Crippen LogP contribution in [-0.4, -0.2) is 55.1 Å². The van der Waals surface area contributed by atoms with E-state index < -0.39 is 6.04 Å². The zero-order chi connectivity index (χ0) is 22.3. The van der Waals surface area contributed by atoms with Gasteiger partial charge in [-0.05, 0) is 63.0 Å². The van der Waals surface area contributed by atoms with E-state index in [0.29, 0.717) is 28.1 Å². The molecule has 31 heavy (non-hydrogen) atoms. The molecule has 1 aromatic heterocycles. The minimum Gasteiger partial charge on any atom is -0.504 e. The number of amides is 1. The van der Waals surface area contributed by atoms with Gasteiger partial charge in [-0.1, -0.05) is 17.7 Å². The number of fused-ring (bicyclic) bond motifs is 2. The number of carbonyl (C=O) groups is 1. The SMILES string of the molecule is COc1cc(C2c3c(oc4ccc(Cl)cc4c3=O)C(=O)N2CCCN(C)C)ccc1O. The number of ether oxygens (including phenoxy) is 1. The van der Waals surface area contributed by atoms with Gasteiger partial charge in [0.2, 0.25) is 5.76 Å². The molecule has 1 N–H and O–H groups in total. The number of aromatic hydroxyl groups is 1. The second-order valence-corrected chi connectivity index (χ2v) is 8.24. The fourth-order valence-corrected chi connectivity index (χ4v) is 4.16. The second-order valence-electron chi connectivity index (χ2n) is 7.80. The Kier molecular flexibility index (Phi) is 5.64. The molecule has 0 spiro atoms. The van der Waals surface area contributed by atoms with Crippen LogP contribution in [0, 0.1) is 0 Å². The highest BCUT2D eigenvalue weighted by atomic mass is 35.5. The lowest BCUT2D eigenvalue weighted by atomic mass is 9.98. The van der Waals surface area contributed by atoms with Crippen LogP contribution in [0.5, 0.6) is 11.5 Å². The summed E-state index contributed by atoms with van der Waals surface area (Å²) in [4.78, 5) is 30.5. The molecule has 2 heterocycles. The summed E-state index contributed by atoms with van der Waals surface area (Å²) >= 11 is 6.10. The molecule has 1 aliphatic rings. The molecule has 2 aromatic carbocycles. The Hall–Kier alpha value is -3.03. The fraction of sp³-hybridized carbons (Fsp3) is 0.304. The Morgan fingerprint density at radius 1 is 1.19 bits per heavy atom. The van der Waals surface area contributed by atoms with Gasteiger partial charge in [0.15, 0.2) is 16.9 Å². The maximum Gasteiger partial charge on any atom is 0.290 e. The Morgan fingerprint density at radius 3 is 2.68 bits per heavy atom. The van der Waals surface area contributed by atoms with Crippen LogP contribution in [-0.2, 0) is 0 Å². The monoisotopic (exact) mass is 442 g/mol. The summed E-state index contributed by atoms with van der Waals surface area (Å²) in [5.41, 5.74) is 0.954. The zero-order valence-corrected chi connectivity index (χ0v) is 18.3. The molecule has 0 aliphatic carbocycles. The highest BCUT2D eigenvalue weighted by Crippen LogP contribution is 2.40. The summed E-state index contributed by atoms with van der Waals surface area (Å²) in [6.07, 6.45) is 0.720. The van der Waals surface area contributed by atoms with Crippen molar-refractivity contribution >= 4 is 28.5 Å². The first-order chi connectivity index (χ1) is 14.8. The number of hydrogen-bond donors (Lipinski definition) is 1. The van der Waals surface area contributed by atoms with E-state index in [1.807, 2.05) is 19.0 Å². The molecule has 0 radical (unpaired) electrons. The lowest BCUT2D eigenvalue weighted by molar-refractivity contribution is 0.0722. The van der Waals surface area contributed by atoms with Gasteiger partial charge in [-0.3, -0.25) is 9.59 Å². The molecule has 1 unspecified atom stereocenters. The van der Waals surface area contributed by atoms with Gasteiger partial charge in [-0.15, -0.1) is 0 Å². The molecule has 1 atom stereocenters. The van der Waals surface area contributed by atoms with E-state index in [2.05, 4.69) is 0 Å². The Labute approximate surface area is 184 Å². The molecule has 1 amide bonds. The molecule has 7 nitrogen and oxygen atoms in total. The molecule has 8 heteroatoms. The average molecular weight is 443 g/mol. The van der Waals surface area contributed by atoms with Gasteiger partial charge in [-0.2, -0.15) is 0 Å². The van der Waals surface area contributed by atoms with Crippen LogP contribution in [0.4, 0.5) is 0 Å². The van der Waals surface area contributed by atoms with Crippen molar-refractivity contribution in [3.8, 4) is 11.5 Å². The third-order valence-corrected chi connectivity index (χ3v) is 5.69. The molecule has 162 valence electrons. The summed E-state index contributed by atoms with van der Waals surface area (Å²) in [6, 6.07) is 8.94. The Bertz CT molecular complexity index is 1220. The van der Waals surface area contributed by atoms with Crippen LogP contribution < -0.4 is 10.2 Å². The van der Waals surface area contributed by atoms with Gasteiger partial charge in [0.1, 0.15) is 5.58 Å². The predicted octanol–water partition coefficient (Wildman–Crippen LogP) is 3.66. The van der Waals surface area contributed by atoms with Gasteiger partial charge in [0.05, 0.1) is 24.1 Å². The van der Waals surface area contributed by atoms with E-state index in [-0.39, 0.29) is 34.2 Å². The van der Waals surface area contributed by atoms with Crippen LogP contribution in [0.2, 0.25) is 5.02 Å². The van der Waals surface area contributed by atoms with Crippen molar-refractivity contribution in [3.63, 3.8) is 0 Å². The molecule has 0 fully saturated rings. The van der Waals surface area contributed by atoms with Crippen LogP contribution in [0.3, 0.4) is 0 Å². The number of phenolic OH excluding ortho intramolecular Hbond substituents is 1. The van der Waals surface area contributed by atoms with Crippen molar-refractivity contribution in [2.24, 2.45) is 0 Å². The van der Waals surface area contributed by atoms with Crippen molar-refractivity contribution in [1.82, 2.24) is 9.80 Å². The van der Waals surface area contributed by atoms with Crippen LogP contribution in [0.25, 0.3) is 11.0 Å². The quantitative estimate of drug-likeness (QED) is 0.627. The lowest BCUT2D eigenvalue weighted by Crippen LogP contribution is -2.32. The number of halogens is 1. The fourth-order valence-electron chi connectivity index (χ4n) is 3.99. The van der Waals surface area contributed by atoms with E-state index in [4.69, 9.17) is 20.8 Å². The van der Waals surface area contributed by atoms with Crippen LogP contribution in [0.15, 0.2) is 45.6 Å². The summed E-state index contributed by atoms with van der Waals surface area (Å²) in [7, 11) is 5.38. The number of nitrogens with zero attached hydrogens (tertiary/aromatic N) is 2. The van der Waals surface area contributed by atoms with Gasteiger partial charge >= 0.3 is 0 Å². The molecular formula is C23H23ClN2O5. The summed E-state index contributed by atoms with van der Waals surface area (Å²) in [5.74, 6) is -0.0476. The zero-order valence-electron chi connectivity index (χ0n) is 17.5. The molecule has 0 bridgehead atoms. The van der Waals surface area contributed by atoms with Gasteiger partial charge in [-0.25, -0.2) is 0 Å². The highest BCUT2D eigenvalue weighted by Gasteiger charge is 2.42. The Morgan fingerprint density at radius 2 is 1.97 bits per heavy atom. The number of benzene rings is 2. The topological polar surface area (TPSA) is 83.2 Å². The van der Waals surface area contributed by atoms with Gasteiger partial charge in [0, 0.05) is 11.6 Å². The number of phenols is 1. The molecule has 0 saturated carbocycles. The Balaban J connectivity index is 1.90. The van der Waals surface area contributed by atoms with E-state index in [1.54, 1.807) is 35.2 Å². The van der Waals surface area contributed by atoms with E-state index in [0.717, 1.165) is 13.0 Å². The third-order valence-electron chi connectivity index (χ3n) is 5.45. The van der Waals surface area contributed by atoms with E-state index >= 15 is 0 Å². The molecule has 1 aliphatic heterocycles. The minimum atomic E-state index is -0.654. The maximum atomic E-state index is 13.5. The third kappa shape index (κ3) is 3.75. The average Bonchev–Trinajstić information content (AvgIpc) is 3.01.